The van der Waals surface area contributed by atoms with Crippen molar-refractivity contribution in [2.24, 2.45) is 0 Å². The first-order valence-corrected chi connectivity index (χ1v) is 6.03. The number of amides is 1. The molecule has 0 atom stereocenters. The average Bonchev–Trinajstić information content (AvgIpc) is 2.41. The summed E-state index contributed by atoms with van der Waals surface area (Å²) >= 11 is 0. The van der Waals surface area contributed by atoms with Crippen LogP contribution >= 0.6 is 0 Å². The fourth-order valence-corrected chi connectivity index (χ4v) is 1.78. The van der Waals surface area contributed by atoms with E-state index in [2.05, 4.69) is 15.6 Å². The van der Waals surface area contributed by atoms with Crippen LogP contribution in [-0.2, 0) is 0 Å². The van der Waals surface area contributed by atoms with Crippen molar-refractivity contribution in [2.45, 2.75) is 6.92 Å². The Morgan fingerprint density at radius 3 is 2.29 bits per heavy atom. The van der Waals surface area contributed by atoms with Crippen LogP contribution < -0.4 is 10.6 Å². The number of nitrogens with one attached hydrogen (secondary N) is 2. The maximum absolute atomic E-state index is 13.5. The molecule has 0 radical (unpaired) electrons. The van der Waals surface area contributed by atoms with Gasteiger partial charge in [-0.1, -0.05) is 0 Å². The lowest BCUT2D eigenvalue weighted by atomic mass is 10.2. The normalized spacial score (nSPS) is 10.3. The Morgan fingerprint density at radius 1 is 1.10 bits per heavy atom. The number of hydrogen-bond donors (Lipinski definition) is 2. The van der Waals surface area contributed by atoms with Crippen LogP contribution in [0.4, 0.5) is 24.7 Å². The van der Waals surface area contributed by atoms with Gasteiger partial charge in [-0.25, -0.2) is 18.2 Å². The summed E-state index contributed by atoms with van der Waals surface area (Å²) in [5.41, 5.74) is 0.0453. The summed E-state index contributed by atoms with van der Waals surface area (Å²) in [6.07, 6.45) is 0. The smallest absolute Gasteiger partial charge is 0.256 e. The topological polar surface area (TPSA) is 54.0 Å². The molecule has 21 heavy (non-hydrogen) atoms. The minimum Gasteiger partial charge on any atom is -0.373 e. The van der Waals surface area contributed by atoms with E-state index < -0.39 is 29.0 Å². The number of hydrogen-bond acceptors (Lipinski definition) is 3. The minimum absolute atomic E-state index is 0.176. The zero-order valence-electron chi connectivity index (χ0n) is 11.3. The Kier molecular flexibility index (Phi) is 4.11. The zero-order chi connectivity index (χ0) is 15.6. The molecule has 1 aromatic heterocycles. The van der Waals surface area contributed by atoms with Gasteiger partial charge in [0.25, 0.3) is 5.91 Å². The first kappa shape index (κ1) is 14.8. The Hall–Kier alpha value is -2.57. The van der Waals surface area contributed by atoms with E-state index in [0.717, 1.165) is 0 Å². The molecule has 2 aromatic rings. The third-order valence-corrected chi connectivity index (χ3v) is 2.72. The minimum atomic E-state index is -1.18. The van der Waals surface area contributed by atoms with E-state index in [0.29, 0.717) is 23.6 Å². The lowest BCUT2D eigenvalue weighted by molar-refractivity contribution is 0.102. The summed E-state index contributed by atoms with van der Waals surface area (Å²) in [6.45, 7) is 1.68. The molecule has 2 N–H and O–H groups in total. The van der Waals surface area contributed by atoms with Crippen LogP contribution in [0.2, 0.25) is 0 Å². The number of halogens is 3. The van der Waals surface area contributed by atoms with Crippen LogP contribution in [0.15, 0.2) is 24.3 Å². The van der Waals surface area contributed by atoms with Crippen LogP contribution in [-0.4, -0.2) is 17.9 Å². The number of carbonyl (C=O) groups is 1. The number of anilines is 2. The summed E-state index contributed by atoms with van der Waals surface area (Å²) in [5, 5.41) is 4.86. The van der Waals surface area contributed by atoms with E-state index in [1.807, 2.05) is 0 Å². The molecular formula is C14H12F3N3O. The molecule has 0 spiro atoms. The quantitative estimate of drug-likeness (QED) is 0.915. The van der Waals surface area contributed by atoms with E-state index in [4.69, 9.17) is 0 Å². The summed E-state index contributed by atoms with van der Waals surface area (Å²) in [7, 11) is 1.63. The highest BCUT2D eigenvalue weighted by Crippen LogP contribution is 2.21. The highest BCUT2D eigenvalue weighted by molar-refractivity contribution is 6.04. The van der Waals surface area contributed by atoms with E-state index >= 15 is 0 Å². The monoisotopic (exact) mass is 295 g/mol. The van der Waals surface area contributed by atoms with Gasteiger partial charge >= 0.3 is 0 Å². The Morgan fingerprint density at radius 2 is 1.71 bits per heavy atom. The molecule has 1 aromatic carbocycles. The molecule has 110 valence electrons. The standard InChI is InChI=1S/C14H12F3N3O/c1-7-3-8(4-12(18-2)19-7)14(21)20-13-10(16)5-9(15)6-11(13)17/h3-6H,1-2H3,(H,18,19)(H,20,21). The van der Waals surface area contributed by atoms with Gasteiger partial charge in [0.15, 0.2) is 11.6 Å². The average molecular weight is 295 g/mol. The van der Waals surface area contributed by atoms with Crippen molar-refractivity contribution >= 4 is 17.4 Å². The zero-order valence-corrected chi connectivity index (χ0v) is 11.3. The molecule has 0 aliphatic heterocycles. The molecular weight excluding hydrogens is 283 g/mol. The van der Waals surface area contributed by atoms with Gasteiger partial charge in [-0.05, 0) is 19.1 Å². The van der Waals surface area contributed by atoms with E-state index in [1.54, 1.807) is 14.0 Å². The fourth-order valence-electron chi connectivity index (χ4n) is 1.78. The van der Waals surface area contributed by atoms with Gasteiger partial charge < -0.3 is 10.6 Å². The first-order valence-electron chi connectivity index (χ1n) is 6.03. The highest BCUT2D eigenvalue weighted by atomic mass is 19.1. The Balaban J connectivity index is 2.32. The predicted octanol–water partition coefficient (Wildman–Crippen LogP) is 3.10. The second kappa shape index (κ2) is 5.82. The van der Waals surface area contributed by atoms with Crippen molar-refractivity contribution < 1.29 is 18.0 Å². The molecule has 7 heteroatoms. The number of aryl methyl sites for hydroxylation is 1. The molecule has 0 unspecified atom stereocenters. The van der Waals surface area contributed by atoms with Crippen molar-refractivity contribution in [3.8, 4) is 0 Å². The van der Waals surface area contributed by atoms with Crippen LogP contribution in [0, 0.1) is 24.4 Å². The van der Waals surface area contributed by atoms with Crippen molar-refractivity contribution in [1.29, 1.82) is 0 Å². The van der Waals surface area contributed by atoms with Gasteiger partial charge in [-0.15, -0.1) is 0 Å². The number of benzene rings is 1. The third-order valence-electron chi connectivity index (χ3n) is 2.72. The molecule has 4 nitrogen and oxygen atoms in total. The molecule has 0 aliphatic rings. The number of nitrogens with zero attached hydrogens (tertiary/aromatic N) is 1. The van der Waals surface area contributed by atoms with E-state index in [-0.39, 0.29) is 5.56 Å². The predicted molar refractivity (Wildman–Crippen MR) is 72.8 cm³/mol. The summed E-state index contributed by atoms with van der Waals surface area (Å²) in [6, 6.07) is 3.89. The first-order chi connectivity index (χ1) is 9.90. The molecule has 0 fully saturated rings. The Labute approximate surface area is 119 Å². The fraction of sp³-hybridized carbons (Fsp3) is 0.143. The number of aromatic nitrogens is 1. The molecule has 0 aliphatic carbocycles. The maximum Gasteiger partial charge on any atom is 0.256 e. The molecule has 1 heterocycles. The molecule has 0 saturated carbocycles. The lowest BCUT2D eigenvalue weighted by Gasteiger charge is -2.09. The molecule has 0 bridgehead atoms. The van der Waals surface area contributed by atoms with Crippen LogP contribution in [0.3, 0.4) is 0 Å². The highest BCUT2D eigenvalue weighted by Gasteiger charge is 2.16. The second-order valence-electron chi connectivity index (χ2n) is 4.33. The largest absolute Gasteiger partial charge is 0.373 e. The van der Waals surface area contributed by atoms with Crippen molar-refractivity contribution in [1.82, 2.24) is 4.98 Å². The summed E-state index contributed by atoms with van der Waals surface area (Å²) in [4.78, 5) is 16.1. The molecule has 2 rings (SSSR count). The van der Waals surface area contributed by atoms with Gasteiger partial charge in [-0.3, -0.25) is 4.79 Å². The molecule has 0 saturated heterocycles. The number of carbonyl (C=O) groups excluding carboxylic acids is 1. The SMILES string of the molecule is CNc1cc(C(=O)Nc2c(F)cc(F)cc2F)cc(C)n1. The van der Waals surface area contributed by atoms with Gasteiger partial charge in [0.05, 0.1) is 0 Å². The summed E-state index contributed by atoms with van der Waals surface area (Å²) in [5.74, 6) is -3.69. The van der Waals surface area contributed by atoms with E-state index in [9.17, 15) is 18.0 Å². The van der Waals surface area contributed by atoms with Gasteiger partial charge in [0.1, 0.15) is 17.3 Å². The van der Waals surface area contributed by atoms with Gasteiger partial charge in [0, 0.05) is 30.4 Å². The molecule has 1 amide bonds. The second-order valence-corrected chi connectivity index (χ2v) is 4.33. The van der Waals surface area contributed by atoms with Crippen molar-refractivity contribution in [3.05, 3.63) is 53.0 Å². The number of pyridine rings is 1. The van der Waals surface area contributed by atoms with Crippen molar-refractivity contribution in [3.63, 3.8) is 0 Å². The Bertz CT molecular complexity index is 681. The lowest BCUT2D eigenvalue weighted by Crippen LogP contribution is -2.15. The van der Waals surface area contributed by atoms with Crippen molar-refractivity contribution in [2.75, 3.05) is 17.7 Å². The van der Waals surface area contributed by atoms with Gasteiger partial charge in [0.2, 0.25) is 0 Å². The van der Waals surface area contributed by atoms with E-state index in [1.165, 1.54) is 12.1 Å². The van der Waals surface area contributed by atoms with Crippen LogP contribution in [0.5, 0.6) is 0 Å². The number of rotatable bonds is 3. The van der Waals surface area contributed by atoms with Crippen LogP contribution in [0.1, 0.15) is 16.1 Å². The maximum atomic E-state index is 13.5. The third kappa shape index (κ3) is 3.31. The van der Waals surface area contributed by atoms with Crippen LogP contribution in [0.25, 0.3) is 0 Å². The van der Waals surface area contributed by atoms with Gasteiger partial charge in [-0.2, -0.15) is 0 Å². The summed E-state index contributed by atoms with van der Waals surface area (Å²) < 4.78 is 39.8.